The Kier molecular flexibility index (Phi) is 6.68. The largest absolute Gasteiger partial charge is 0.368 e. The first-order valence-corrected chi connectivity index (χ1v) is 13.0. The van der Waals surface area contributed by atoms with Crippen LogP contribution in [-0.4, -0.2) is 42.9 Å². The van der Waals surface area contributed by atoms with Gasteiger partial charge in [0.2, 0.25) is 5.91 Å². The Bertz CT molecular complexity index is 1440. The molecule has 0 radical (unpaired) electrons. The fourth-order valence-electron chi connectivity index (χ4n) is 5.25. The molecule has 0 saturated carbocycles. The van der Waals surface area contributed by atoms with E-state index in [0.29, 0.717) is 16.8 Å². The van der Waals surface area contributed by atoms with Gasteiger partial charge in [0.25, 0.3) is 5.91 Å². The molecule has 2 N–H and O–H groups in total. The average Bonchev–Trinajstić information content (AvgIpc) is 3.03. The molecule has 7 nitrogen and oxygen atoms in total. The highest BCUT2D eigenvalue weighted by molar-refractivity contribution is 6.07. The summed E-state index contributed by atoms with van der Waals surface area (Å²) in [6, 6.07) is 21.9. The second-order valence-corrected chi connectivity index (χ2v) is 11.1. The molecule has 1 fully saturated rings. The van der Waals surface area contributed by atoms with Crippen LogP contribution in [0.5, 0.6) is 0 Å². The van der Waals surface area contributed by atoms with Gasteiger partial charge in [-0.3, -0.25) is 14.5 Å². The summed E-state index contributed by atoms with van der Waals surface area (Å²) in [6.45, 7) is 10.6. The monoisotopic (exact) mass is 507 g/mol. The van der Waals surface area contributed by atoms with Crippen LogP contribution in [0.1, 0.15) is 59.4 Å². The molecule has 1 saturated heterocycles. The van der Waals surface area contributed by atoms with Gasteiger partial charge in [0.05, 0.1) is 17.3 Å². The smallest absolute Gasteiger partial charge is 0.256 e. The summed E-state index contributed by atoms with van der Waals surface area (Å²) in [5.74, 6) is -0.162. The van der Waals surface area contributed by atoms with Crippen molar-refractivity contribution in [1.82, 2.24) is 4.90 Å². The number of nitriles is 1. The first-order valence-electron chi connectivity index (χ1n) is 13.0. The van der Waals surface area contributed by atoms with Crippen LogP contribution < -0.4 is 15.5 Å². The molecule has 38 heavy (non-hydrogen) atoms. The van der Waals surface area contributed by atoms with Crippen molar-refractivity contribution in [1.29, 1.82) is 5.26 Å². The van der Waals surface area contributed by atoms with E-state index in [-0.39, 0.29) is 17.9 Å². The molecule has 1 atom stereocenters. The van der Waals surface area contributed by atoms with Gasteiger partial charge in [-0.1, -0.05) is 57.2 Å². The maximum absolute atomic E-state index is 13.0. The van der Waals surface area contributed by atoms with Crippen molar-refractivity contribution in [2.75, 3.05) is 41.7 Å². The number of para-hydroxylation sites is 1. The topological polar surface area (TPSA) is 88.5 Å². The first-order chi connectivity index (χ1) is 18.2. The highest BCUT2D eigenvalue weighted by Crippen LogP contribution is 2.39. The summed E-state index contributed by atoms with van der Waals surface area (Å²) in [5.41, 5.74) is 6.16. The number of hydrogen-bond acceptors (Lipinski definition) is 5. The molecule has 3 aromatic carbocycles. The lowest BCUT2D eigenvalue weighted by Gasteiger charge is -2.41. The van der Waals surface area contributed by atoms with Crippen LogP contribution in [0.25, 0.3) is 0 Å². The maximum atomic E-state index is 13.0. The molecule has 3 aromatic rings. The third-order valence-corrected chi connectivity index (χ3v) is 7.42. The summed E-state index contributed by atoms with van der Waals surface area (Å²) in [4.78, 5) is 30.2. The predicted molar refractivity (Wildman–Crippen MR) is 150 cm³/mol. The van der Waals surface area contributed by atoms with Gasteiger partial charge < -0.3 is 15.5 Å². The molecule has 7 heteroatoms. The molecule has 2 heterocycles. The number of rotatable bonds is 3. The minimum absolute atomic E-state index is 0.0457. The van der Waals surface area contributed by atoms with Gasteiger partial charge in [0.1, 0.15) is 6.07 Å². The zero-order chi connectivity index (χ0) is 27.0. The third kappa shape index (κ3) is 4.75. The Balaban J connectivity index is 1.41. The fourth-order valence-corrected chi connectivity index (χ4v) is 5.25. The molecule has 0 aromatic heterocycles. The Morgan fingerprint density at radius 3 is 2.34 bits per heavy atom. The molecule has 194 valence electrons. The van der Waals surface area contributed by atoms with Gasteiger partial charge in [0, 0.05) is 48.5 Å². The lowest BCUT2D eigenvalue weighted by atomic mass is 9.92. The number of hydrogen-bond donors (Lipinski definition) is 2. The fraction of sp³-hybridized carbons (Fsp3) is 0.323. The van der Waals surface area contributed by atoms with E-state index in [9.17, 15) is 14.9 Å². The van der Waals surface area contributed by atoms with E-state index >= 15 is 0 Å². The molecule has 2 amide bonds. The van der Waals surface area contributed by atoms with Crippen LogP contribution in [0.3, 0.4) is 0 Å². The number of anilines is 3. The Hall–Kier alpha value is -4.15. The minimum atomic E-state index is -0.524. The predicted octanol–water partition coefficient (Wildman–Crippen LogP) is 5.33. The third-order valence-electron chi connectivity index (χ3n) is 7.42. The summed E-state index contributed by atoms with van der Waals surface area (Å²) in [5, 5.41) is 16.0. The average molecular weight is 508 g/mol. The Morgan fingerprint density at radius 1 is 1.00 bits per heavy atom. The van der Waals surface area contributed by atoms with Gasteiger partial charge in [-0.15, -0.1) is 0 Å². The van der Waals surface area contributed by atoms with E-state index in [2.05, 4.69) is 38.6 Å². The van der Waals surface area contributed by atoms with Gasteiger partial charge in [-0.25, -0.2) is 0 Å². The molecule has 0 bridgehead atoms. The quantitative estimate of drug-likeness (QED) is 0.500. The number of piperazine rings is 1. The second-order valence-electron chi connectivity index (χ2n) is 11.1. The summed E-state index contributed by atoms with van der Waals surface area (Å²) < 4.78 is 0. The molecule has 1 unspecified atom stereocenters. The molecule has 2 aliphatic rings. The van der Waals surface area contributed by atoms with Crippen molar-refractivity contribution in [3.63, 3.8) is 0 Å². The molecule has 0 aliphatic carbocycles. The lowest BCUT2D eigenvalue weighted by molar-refractivity contribution is -0.123. The summed E-state index contributed by atoms with van der Waals surface area (Å²) in [6.07, 6.45) is 0. The zero-order valence-electron chi connectivity index (χ0n) is 22.3. The second kappa shape index (κ2) is 9.96. The Labute approximate surface area is 224 Å². The summed E-state index contributed by atoms with van der Waals surface area (Å²) >= 11 is 0. The van der Waals surface area contributed by atoms with E-state index in [1.54, 1.807) is 6.07 Å². The maximum Gasteiger partial charge on any atom is 0.256 e. The van der Waals surface area contributed by atoms with Crippen molar-refractivity contribution >= 4 is 28.9 Å². The number of fused-ring (bicyclic) bond motifs is 2. The highest BCUT2D eigenvalue weighted by Gasteiger charge is 2.33. The number of carbonyl (C=O) groups is 2. The van der Waals surface area contributed by atoms with Crippen LogP contribution in [0, 0.1) is 23.7 Å². The van der Waals surface area contributed by atoms with E-state index < -0.39 is 5.41 Å². The van der Waals surface area contributed by atoms with Gasteiger partial charge >= 0.3 is 0 Å². The van der Waals surface area contributed by atoms with Gasteiger partial charge in [0.15, 0.2) is 0 Å². The molecule has 5 rings (SSSR count). The van der Waals surface area contributed by atoms with Crippen LogP contribution in [0.4, 0.5) is 17.1 Å². The minimum Gasteiger partial charge on any atom is -0.368 e. The number of nitrogens with one attached hydrogen (secondary N) is 2. The number of amides is 2. The van der Waals surface area contributed by atoms with Crippen molar-refractivity contribution in [2.45, 2.75) is 33.7 Å². The SMILES string of the molecule is Cc1cc(N2CCN(C3c4ccccc4NC(=O)c4ccccc43)CC2)c(C#N)cc1NC(=O)C(C)(C)C. The molecule has 0 spiro atoms. The van der Waals surface area contributed by atoms with E-state index in [1.165, 1.54) is 0 Å². The van der Waals surface area contributed by atoms with Crippen molar-refractivity contribution in [2.24, 2.45) is 5.41 Å². The number of benzene rings is 3. The van der Waals surface area contributed by atoms with Crippen LogP contribution in [-0.2, 0) is 4.79 Å². The highest BCUT2D eigenvalue weighted by atomic mass is 16.2. The first kappa shape index (κ1) is 25.5. The van der Waals surface area contributed by atoms with E-state index in [0.717, 1.165) is 54.2 Å². The van der Waals surface area contributed by atoms with E-state index in [1.807, 2.05) is 70.2 Å². The normalized spacial score (nSPS) is 17.5. The molecular weight excluding hydrogens is 474 g/mol. The number of nitrogens with zero attached hydrogens (tertiary/aromatic N) is 3. The zero-order valence-corrected chi connectivity index (χ0v) is 22.3. The van der Waals surface area contributed by atoms with Crippen LogP contribution in [0.2, 0.25) is 0 Å². The Morgan fingerprint density at radius 2 is 1.66 bits per heavy atom. The van der Waals surface area contributed by atoms with Crippen molar-refractivity contribution < 1.29 is 9.59 Å². The van der Waals surface area contributed by atoms with Crippen LogP contribution in [0.15, 0.2) is 60.7 Å². The van der Waals surface area contributed by atoms with Crippen LogP contribution >= 0.6 is 0 Å². The van der Waals surface area contributed by atoms with Crippen molar-refractivity contribution in [3.05, 3.63) is 88.5 Å². The standard InChI is InChI=1S/C31H33N5O2/c1-20-17-27(21(19-32)18-26(20)34-30(38)31(2,3)4)35-13-15-36(16-14-35)28-22-9-5-6-10-23(22)29(37)33-25-12-8-7-11-24(25)28/h5-12,17-18,28H,13-16H2,1-4H3,(H,33,37)(H,34,38). The van der Waals surface area contributed by atoms with Gasteiger partial charge in [-0.05, 0) is 47.9 Å². The molecular formula is C31H33N5O2. The molecule has 2 aliphatic heterocycles. The number of aryl methyl sites for hydroxylation is 1. The summed E-state index contributed by atoms with van der Waals surface area (Å²) in [7, 11) is 0. The van der Waals surface area contributed by atoms with Gasteiger partial charge in [-0.2, -0.15) is 5.26 Å². The van der Waals surface area contributed by atoms with Crippen molar-refractivity contribution in [3.8, 4) is 6.07 Å². The van der Waals surface area contributed by atoms with E-state index in [4.69, 9.17) is 0 Å². The lowest BCUT2D eigenvalue weighted by Crippen LogP contribution is -2.48. The number of carbonyl (C=O) groups excluding carboxylic acids is 2.